The van der Waals surface area contributed by atoms with E-state index >= 15 is 0 Å². The molecule has 4 aromatic carbocycles. The van der Waals surface area contributed by atoms with Gasteiger partial charge in [0.1, 0.15) is 0 Å². The molecule has 0 bridgehead atoms. The van der Waals surface area contributed by atoms with E-state index in [2.05, 4.69) is 125 Å². The molecule has 0 fully saturated rings. The summed E-state index contributed by atoms with van der Waals surface area (Å²) in [6, 6.07) is 38.6. The molecule has 0 amide bonds. The Hall–Kier alpha value is -4.89. The highest BCUT2D eigenvalue weighted by Gasteiger charge is 2.21. The van der Waals surface area contributed by atoms with Crippen LogP contribution in [0.1, 0.15) is 0 Å². The van der Waals surface area contributed by atoms with Crippen LogP contribution in [0.15, 0.2) is 122 Å². The molecule has 0 aliphatic heterocycles. The van der Waals surface area contributed by atoms with Crippen molar-refractivity contribution in [2.24, 2.45) is 0 Å². The fraction of sp³-hybridized carbons (Fsp3) is 0. The predicted molar refractivity (Wildman–Crippen MR) is 150 cm³/mol. The summed E-state index contributed by atoms with van der Waals surface area (Å²) in [4.78, 5) is 8.89. The minimum absolute atomic E-state index is 1.01. The molecule has 8 aromatic rings. The lowest BCUT2D eigenvalue weighted by Gasteiger charge is -2.11. The summed E-state index contributed by atoms with van der Waals surface area (Å²) in [5, 5.41) is 6.04. The molecular weight excluding hydrogens is 438 g/mol. The highest BCUT2D eigenvalue weighted by atomic mass is 14.9. The zero-order valence-electron chi connectivity index (χ0n) is 19.4. The maximum Gasteiger partial charge on any atom is 0.0809 e. The summed E-state index contributed by atoms with van der Waals surface area (Å²) in [5.74, 6) is 0. The smallest absolute Gasteiger partial charge is 0.0809 e. The molecule has 3 nitrogen and oxygen atoms in total. The van der Waals surface area contributed by atoms with E-state index in [1.807, 2.05) is 6.20 Å². The summed E-state index contributed by atoms with van der Waals surface area (Å²) in [6.07, 6.45) is 4.24. The number of hydrogen-bond donors (Lipinski definition) is 1. The van der Waals surface area contributed by atoms with E-state index in [0.29, 0.717) is 0 Å². The Morgan fingerprint density at radius 1 is 0.583 bits per heavy atom. The standard InChI is InChI=1S/C33H21N3/c1-2-10-21(11-3-1)27-20-34-31(24-14-5-4-12-22(24)27)30-26-15-7-9-17-29(26)36-19-18-25-23-13-6-8-16-28(23)35-32(25)33(30)36/h1-20,35H. The van der Waals surface area contributed by atoms with E-state index in [0.717, 1.165) is 33.2 Å². The molecule has 3 heteroatoms. The van der Waals surface area contributed by atoms with Crippen molar-refractivity contribution >= 4 is 49.0 Å². The number of nitrogens with zero attached hydrogens (tertiary/aromatic N) is 2. The second kappa shape index (κ2) is 7.30. The summed E-state index contributed by atoms with van der Waals surface area (Å²) < 4.78 is 2.31. The van der Waals surface area contributed by atoms with Gasteiger partial charge in [-0.15, -0.1) is 0 Å². The van der Waals surface area contributed by atoms with Gasteiger partial charge in [-0.25, -0.2) is 0 Å². The maximum atomic E-state index is 5.16. The maximum absolute atomic E-state index is 5.16. The number of pyridine rings is 2. The Balaban J connectivity index is 1.56. The Labute approximate surface area is 207 Å². The quantitative estimate of drug-likeness (QED) is 0.276. The molecule has 0 aliphatic rings. The predicted octanol–water partition coefficient (Wildman–Crippen LogP) is 8.61. The van der Waals surface area contributed by atoms with Crippen LogP contribution in [0, 0.1) is 0 Å². The largest absolute Gasteiger partial charge is 0.353 e. The SMILES string of the molecule is c1ccc(-c2cnc(-c3c4ccccc4n4ccc5c6ccccc6[nH]c5c34)c3ccccc23)cc1. The van der Waals surface area contributed by atoms with Gasteiger partial charge in [0.15, 0.2) is 0 Å². The van der Waals surface area contributed by atoms with Crippen molar-refractivity contribution in [1.29, 1.82) is 0 Å². The molecule has 0 unspecified atom stereocenters. The number of rotatable bonds is 2. The Kier molecular flexibility index (Phi) is 3.94. The minimum Gasteiger partial charge on any atom is -0.353 e. The summed E-state index contributed by atoms with van der Waals surface area (Å²) in [6.45, 7) is 0. The first kappa shape index (κ1) is 19.4. The zero-order valence-corrected chi connectivity index (χ0v) is 19.4. The van der Waals surface area contributed by atoms with Crippen molar-refractivity contribution in [3.63, 3.8) is 0 Å². The summed E-state index contributed by atoms with van der Waals surface area (Å²) in [7, 11) is 0. The van der Waals surface area contributed by atoms with Gasteiger partial charge in [-0.1, -0.05) is 91.0 Å². The highest BCUT2D eigenvalue weighted by molar-refractivity contribution is 6.21. The number of H-pyrrole nitrogens is 1. The first-order chi connectivity index (χ1) is 17.9. The van der Waals surface area contributed by atoms with E-state index in [-0.39, 0.29) is 0 Å². The zero-order chi connectivity index (χ0) is 23.6. The van der Waals surface area contributed by atoms with E-state index in [1.165, 1.54) is 38.2 Å². The van der Waals surface area contributed by atoms with E-state index in [9.17, 15) is 0 Å². The Bertz CT molecular complexity index is 2100. The number of fused-ring (bicyclic) bond motifs is 8. The average Bonchev–Trinajstić information content (AvgIpc) is 3.49. The topological polar surface area (TPSA) is 33.1 Å². The molecule has 168 valence electrons. The molecule has 0 spiro atoms. The first-order valence-corrected chi connectivity index (χ1v) is 12.2. The molecule has 0 saturated carbocycles. The molecular formula is C33H21N3. The fourth-order valence-electron chi connectivity index (χ4n) is 5.82. The Morgan fingerprint density at radius 3 is 2.14 bits per heavy atom. The van der Waals surface area contributed by atoms with Crippen LogP contribution in [-0.4, -0.2) is 14.4 Å². The van der Waals surface area contributed by atoms with E-state index < -0.39 is 0 Å². The normalized spacial score (nSPS) is 11.9. The van der Waals surface area contributed by atoms with Gasteiger partial charge in [0.2, 0.25) is 0 Å². The highest BCUT2D eigenvalue weighted by Crippen LogP contribution is 2.43. The third-order valence-electron chi connectivity index (χ3n) is 7.40. The van der Waals surface area contributed by atoms with Gasteiger partial charge in [0.25, 0.3) is 0 Å². The molecule has 8 rings (SSSR count). The van der Waals surface area contributed by atoms with Crippen LogP contribution in [0.2, 0.25) is 0 Å². The number of benzene rings is 4. The molecule has 4 aromatic heterocycles. The number of para-hydroxylation sites is 2. The molecule has 0 aliphatic carbocycles. The number of hydrogen-bond acceptors (Lipinski definition) is 1. The number of aromatic nitrogens is 3. The van der Waals surface area contributed by atoms with Crippen molar-refractivity contribution < 1.29 is 0 Å². The van der Waals surface area contributed by atoms with Crippen LogP contribution in [0.3, 0.4) is 0 Å². The van der Waals surface area contributed by atoms with Gasteiger partial charge >= 0.3 is 0 Å². The third kappa shape index (κ3) is 2.60. The average molecular weight is 460 g/mol. The molecule has 0 radical (unpaired) electrons. The first-order valence-electron chi connectivity index (χ1n) is 12.2. The van der Waals surface area contributed by atoms with Gasteiger partial charge in [0, 0.05) is 50.6 Å². The lowest BCUT2D eigenvalue weighted by atomic mass is 9.96. The number of nitrogens with one attached hydrogen (secondary N) is 1. The second-order valence-corrected chi connectivity index (χ2v) is 9.32. The van der Waals surface area contributed by atoms with Crippen LogP contribution >= 0.6 is 0 Å². The van der Waals surface area contributed by atoms with Gasteiger partial charge in [-0.05, 0) is 29.1 Å². The molecule has 1 N–H and O–H groups in total. The second-order valence-electron chi connectivity index (χ2n) is 9.32. The summed E-state index contributed by atoms with van der Waals surface area (Å²) in [5.41, 5.74) is 9.14. The fourth-order valence-corrected chi connectivity index (χ4v) is 5.82. The monoisotopic (exact) mass is 459 g/mol. The minimum atomic E-state index is 1.01. The van der Waals surface area contributed by atoms with Crippen molar-refractivity contribution in [2.45, 2.75) is 0 Å². The van der Waals surface area contributed by atoms with Gasteiger partial charge in [0.05, 0.1) is 22.2 Å². The molecule has 36 heavy (non-hydrogen) atoms. The van der Waals surface area contributed by atoms with Crippen LogP contribution in [0.25, 0.3) is 71.4 Å². The lowest BCUT2D eigenvalue weighted by Crippen LogP contribution is -1.91. The van der Waals surface area contributed by atoms with Crippen LogP contribution in [-0.2, 0) is 0 Å². The Morgan fingerprint density at radius 2 is 1.28 bits per heavy atom. The molecule has 0 saturated heterocycles. The lowest BCUT2D eigenvalue weighted by molar-refractivity contribution is 1.26. The van der Waals surface area contributed by atoms with Crippen LogP contribution in [0.5, 0.6) is 0 Å². The van der Waals surface area contributed by atoms with Gasteiger partial charge in [-0.3, -0.25) is 4.98 Å². The third-order valence-corrected chi connectivity index (χ3v) is 7.40. The van der Waals surface area contributed by atoms with Crippen molar-refractivity contribution in [3.8, 4) is 22.4 Å². The van der Waals surface area contributed by atoms with Crippen LogP contribution in [0.4, 0.5) is 0 Å². The summed E-state index contributed by atoms with van der Waals surface area (Å²) >= 11 is 0. The van der Waals surface area contributed by atoms with Crippen molar-refractivity contribution in [2.75, 3.05) is 0 Å². The molecule has 0 atom stereocenters. The van der Waals surface area contributed by atoms with Crippen molar-refractivity contribution in [1.82, 2.24) is 14.4 Å². The van der Waals surface area contributed by atoms with E-state index in [4.69, 9.17) is 4.98 Å². The van der Waals surface area contributed by atoms with Crippen LogP contribution < -0.4 is 0 Å². The molecule has 4 heterocycles. The van der Waals surface area contributed by atoms with Crippen molar-refractivity contribution in [3.05, 3.63) is 122 Å². The van der Waals surface area contributed by atoms with Gasteiger partial charge < -0.3 is 9.38 Å². The number of aromatic amines is 1. The van der Waals surface area contributed by atoms with Gasteiger partial charge in [-0.2, -0.15) is 0 Å². The van der Waals surface area contributed by atoms with E-state index in [1.54, 1.807) is 0 Å².